The Bertz CT molecular complexity index is 963. The van der Waals surface area contributed by atoms with Crippen molar-refractivity contribution >= 4 is 30.8 Å². The summed E-state index contributed by atoms with van der Waals surface area (Å²) in [6, 6.07) is 11.6. The van der Waals surface area contributed by atoms with Crippen LogP contribution in [-0.4, -0.2) is 43.6 Å². The number of carbonyl (C=O) groups is 2. The fourth-order valence-electron chi connectivity index (χ4n) is 2.80. The molecule has 7 nitrogen and oxygen atoms in total. The van der Waals surface area contributed by atoms with Gasteiger partial charge in [-0.15, -0.1) is 0 Å². The van der Waals surface area contributed by atoms with Gasteiger partial charge in [-0.05, 0) is 36.8 Å². The first-order valence-electron chi connectivity index (χ1n) is 9.00. The monoisotopic (exact) mass is 458 g/mol. The van der Waals surface area contributed by atoms with Crippen LogP contribution in [0.1, 0.15) is 24.0 Å². The zero-order valence-corrected chi connectivity index (χ0v) is 16.9. The first-order chi connectivity index (χ1) is 14.4. The van der Waals surface area contributed by atoms with Crippen LogP contribution in [0.15, 0.2) is 59.6 Å². The van der Waals surface area contributed by atoms with E-state index < -0.39 is 49.9 Å². The van der Waals surface area contributed by atoms with Gasteiger partial charge in [0.1, 0.15) is 6.16 Å². The van der Waals surface area contributed by atoms with Gasteiger partial charge in [-0.25, -0.2) is 14.8 Å². The molecular formula is C20H20F3NO6P+. The Morgan fingerprint density at radius 3 is 2.19 bits per heavy atom. The summed E-state index contributed by atoms with van der Waals surface area (Å²) in [5, 5.41) is 18.1. The predicted molar refractivity (Wildman–Crippen MR) is 108 cm³/mol. The Labute approximate surface area is 176 Å². The maximum absolute atomic E-state index is 13.0. The molecule has 31 heavy (non-hydrogen) atoms. The quantitative estimate of drug-likeness (QED) is 0.330. The van der Waals surface area contributed by atoms with Crippen LogP contribution >= 0.6 is 7.72 Å². The fourth-order valence-corrected chi connectivity index (χ4v) is 4.76. The molecule has 166 valence electrons. The van der Waals surface area contributed by atoms with E-state index in [4.69, 9.17) is 5.11 Å². The summed E-state index contributed by atoms with van der Waals surface area (Å²) in [7, 11) is -4.27. The van der Waals surface area contributed by atoms with Crippen LogP contribution in [0.5, 0.6) is 0 Å². The highest BCUT2D eigenvalue weighted by Gasteiger charge is 2.46. The first-order valence-corrected chi connectivity index (χ1v) is 10.9. The zero-order chi connectivity index (χ0) is 23.2. The number of carboxylic acids is 2. The predicted octanol–water partition coefficient (Wildman–Crippen LogP) is 4.18. The van der Waals surface area contributed by atoms with Crippen molar-refractivity contribution in [3.05, 3.63) is 65.7 Å². The van der Waals surface area contributed by atoms with Gasteiger partial charge in [-0.1, -0.05) is 24.3 Å². The number of rotatable bonds is 9. The largest absolute Gasteiger partial charge is 0.481 e. The minimum atomic E-state index is -4.63. The summed E-state index contributed by atoms with van der Waals surface area (Å²) in [4.78, 5) is 47.9. The van der Waals surface area contributed by atoms with Crippen molar-refractivity contribution in [3.8, 4) is 0 Å². The van der Waals surface area contributed by atoms with Crippen molar-refractivity contribution in [2.75, 3.05) is 6.16 Å². The van der Waals surface area contributed by atoms with Gasteiger partial charge < -0.3 is 10.2 Å². The fraction of sp³-hybridized carbons (Fsp3) is 0.250. The molecule has 0 heterocycles. The third-order valence-electron chi connectivity index (χ3n) is 4.31. The minimum Gasteiger partial charge on any atom is -0.481 e. The number of halogens is 3. The molecule has 2 aromatic carbocycles. The molecule has 2 aromatic rings. The lowest BCUT2D eigenvalue weighted by molar-refractivity contribution is -0.142. The van der Waals surface area contributed by atoms with E-state index in [-0.39, 0.29) is 23.1 Å². The lowest BCUT2D eigenvalue weighted by Crippen LogP contribution is -2.24. The topological polar surface area (TPSA) is 127 Å². The summed E-state index contributed by atoms with van der Waals surface area (Å²) < 4.78 is 39.1. The van der Waals surface area contributed by atoms with Gasteiger partial charge >= 0.3 is 25.8 Å². The van der Waals surface area contributed by atoms with Crippen molar-refractivity contribution < 1.29 is 42.8 Å². The van der Waals surface area contributed by atoms with E-state index in [2.05, 4.69) is 4.99 Å². The molecule has 0 saturated heterocycles. The average Bonchev–Trinajstić information content (AvgIpc) is 2.69. The van der Waals surface area contributed by atoms with Crippen LogP contribution in [0.2, 0.25) is 0 Å². The van der Waals surface area contributed by atoms with E-state index >= 15 is 0 Å². The number of aliphatic carboxylic acids is 2. The third-order valence-corrected chi connectivity index (χ3v) is 6.30. The van der Waals surface area contributed by atoms with Gasteiger partial charge in [0, 0.05) is 12.0 Å². The van der Waals surface area contributed by atoms with Crippen molar-refractivity contribution in [1.29, 1.82) is 0 Å². The second-order valence-electron chi connectivity index (χ2n) is 6.73. The van der Waals surface area contributed by atoms with E-state index in [1.54, 1.807) is 18.2 Å². The number of alkyl halides is 3. The minimum absolute atomic E-state index is 0.195. The molecule has 4 N–H and O–H groups in total. The van der Waals surface area contributed by atoms with Crippen molar-refractivity contribution in [3.63, 3.8) is 0 Å². The number of hydrogen-bond donors (Lipinski definition) is 4. The molecule has 0 fully saturated rings. The highest BCUT2D eigenvalue weighted by molar-refractivity contribution is 7.82. The maximum Gasteiger partial charge on any atom is 0.416 e. The van der Waals surface area contributed by atoms with Crippen molar-refractivity contribution in [1.82, 2.24) is 0 Å². The van der Waals surface area contributed by atoms with Crippen molar-refractivity contribution in [2.45, 2.75) is 19.0 Å². The molecule has 0 saturated carbocycles. The molecule has 0 radical (unpaired) electrons. The van der Waals surface area contributed by atoms with E-state index in [1.165, 1.54) is 18.2 Å². The highest BCUT2D eigenvalue weighted by Crippen LogP contribution is 2.56. The number of nitrogens with zero attached hydrogens (tertiary/aromatic N) is 1. The lowest BCUT2D eigenvalue weighted by atomic mass is 10.1. The molecule has 0 aromatic heterocycles. The van der Waals surface area contributed by atoms with E-state index in [9.17, 15) is 37.7 Å². The normalized spacial score (nSPS) is 13.6. The van der Waals surface area contributed by atoms with Crippen LogP contribution < -0.4 is 0 Å². The molecule has 0 spiro atoms. The van der Waals surface area contributed by atoms with Gasteiger partial charge in [0.15, 0.2) is 0 Å². The molecule has 0 aliphatic rings. The first kappa shape index (κ1) is 24.5. The van der Waals surface area contributed by atoms with Gasteiger partial charge in [0.2, 0.25) is 5.45 Å². The second kappa shape index (κ2) is 10.00. The Balaban J connectivity index is 2.50. The molecule has 0 amide bonds. The lowest BCUT2D eigenvalue weighted by Gasteiger charge is -2.18. The van der Waals surface area contributed by atoms with E-state index in [0.29, 0.717) is 0 Å². The summed E-state index contributed by atoms with van der Waals surface area (Å²) in [6.45, 7) is 0. The van der Waals surface area contributed by atoms with Gasteiger partial charge in [0.05, 0.1) is 17.2 Å². The summed E-state index contributed by atoms with van der Waals surface area (Å²) in [5.41, 5.74) is -1.33. The molecule has 2 rings (SSSR count). The number of hydrogen-bond acceptors (Lipinski definition) is 5. The zero-order valence-electron chi connectivity index (χ0n) is 16.0. The molecule has 0 bridgehead atoms. The standard InChI is InChI=1S/C20H19F3NO6P/c21-20(22,23)15-7-4-8-16(11-15)24-18(13-5-2-1-3-6-13)31(29,30)12-14(19(27)28)9-10-17(25)26/h1-8,11,14,29-30H,9-10,12H2,(H-,25,26,27,28)/p+1. The van der Waals surface area contributed by atoms with Crippen molar-refractivity contribution in [2.24, 2.45) is 10.9 Å². The molecule has 11 heteroatoms. The smallest absolute Gasteiger partial charge is 0.416 e. The van der Waals surface area contributed by atoms with Gasteiger partial charge in [0.25, 0.3) is 0 Å². The Morgan fingerprint density at radius 2 is 1.65 bits per heavy atom. The number of carboxylic acid groups (broad SMARTS) is 2. The average molecular weight is 458 g/mol. The Morgan fingerprint density at radius 1 is 1.00 bits per heavy atom. The highest BCUT2D eigenvalue weighted by atomic mass is 31.2. The Hall–Kier alpha value is -2.81. The maximum atomic E-state index is 13.0. The molecular weight excluding hydrogens is 438 g/mol. The molecule has 1 unspecified atom stereocenters. The molecule has 0 aliphatic carbocycles. The van der Waals surface area contributed by atoms with Crippen LogP contribution in [0.3, 0.4) is 0 Å². The van der Waals surface area contributed by atoms with Gasteiger partial charge in [-0.2, -0.15) is 13.2 Å². The molecule has 1 atom stereocenters. The summed E-state index contributed by atoms with van der Waals surface area (Å²) in [6.07, 6.45) is -6.18. The second-order valence-corrected chi connectivity index (χ2v) is 8.98. The number of benzene rings is 2. The van der Waals surface area contributed by atoms with Gasteiger partial charge in [-0.3, -0.25) is 9.59 Å². The Kier molecular flexibility index (Phi) is 7.89. The van der Waals surface area contributed by atoms with Crippen LogP contribution in [-0.2, 0) is 15.8 Å². The summed E-state index contributed by atoms with van der Waals surface area (Å²) in [5.74, 6) is -4.05. The van der Waals surface area contributed by atoms with E-state index in [1.807, 2.05) is 0 Å². The van der Waals surface area contributed by atoms with E-state index in [0.717, 1.165) is 18.2 Å². The van der Waals surface area contributed by atoms with Crippen LogP contribution in [0.25, 0.3) is 0 Å². The SMILES string of the molecule is O=C(O)CCC(C[P+](O)(O)C(=Nc1cccc(C(F)(F)F)c1)c1ccccc1)C(=O)O. The third kappa shape index (κ3) is 7.13. The van der Waals surface area contributed by atoms with Crippen LogP contribution in [0.4, 0.5) is 18.9 Å². The molecule has 0 aliphatic heterocycles. The summed E-state index contributed by atoms with van der Waals surface area (Å²) >= 11 is 0. The van der Waals surface area contributed by atoms with Crippen LogP contribution in [0, 0.1) is 5.92 Å². The number of aliphatic imine (C=N–C) groups is 1.